The number of ether oxygens (including phenoxy) is 1. The fourth-order valence-electron chi connectivity index (χ4n) is 3.58. The van der Waals surface area contributed by atoms with Crippen LogP contribution in [0.2, 0.25) is 0 Å². The minimum atomic E-state index is 0.0673. The average Bonchev–Trinajstić information content (AvgIpc) is 3.28. The zero-order valence-electron chi connectivity index (χ0n) is 15.7. The van der Waals surface area contributed by atoms with Crippen molar-refractivity contribution in [3.63, 3.8) is 0 Å². The highest BCUT2D eigenvalue weighted by atomic mass is 32.2. The molecular formula is C20H24N2O3S2. The molecule has 0 fully saturated rings. The summed E-state index contributed by atoms with van der Waals surface area (Å²) >= 11 is 3.33. The molecule has 4 rings (SSSR count). The highest BCUT2D eigenvalue weighted by molar-refractivity contribution is 7.99. The Hall–Kier alpha value is -1.57. The molecule has 0 radical (unpaired) electrons. The van der Waals surface area contributed by atoms with E-state index in [1.807, 2.05) is 12.1 Å². The third-order valence-electron chi connectivity index (χ3n) is 5.00. The highest BCUT2D eigenvalue weighted by Gasteiger charge is 2.25. The molecule has 0 saturated heterocycles. The quantitative estimate of drug-likeness (QED) is 0.333. The van der Waals surface area contributed by atoms with Crippen LogP contribution < -0.4 is 5.56 Å². The molecule has 1 unspecified atom stereocenters. The number of aryl methyl sites for hydroxylation is 1. The zero-order chi connectivity index (χ0) is 18.8. The number of thiophene rings is 1. The summed E-state index contributed by atoms with van der Waals surface area (Å²) in [5, 5.41) is 1.60. The maximum Gasteiger partial charge on any atom is 0.263 e. The number of methoxy groups -OCH3 is 1. The molecule has 5 nitrogen and oxygen atoms in total. The van der Waals surface area contributed by atoms with Crippen LogP contribution in [0, 0.1) is 5.92 Å². The van der Waals surface area contributed by atoms with Crippen molar-refractivity contribution in [2.75, 3.05) is 19.5 Å². The second kappa shape index (κ2) is 8.20. The largest absolute Gasteiger partial charge is 0.467 e. The van der Waals surface area contributed by atoms with Gasteiger partial charge >= 0.3 is 0 Å². The summed E-state index contributed by atoms with van der Waals surface area (Å²) in [6.07, 6.45) is 5.75. The summed E-state index contributed by atoms with van der Waals surface area (Å²) in [4.78, 5) is 20.6. The molecular weight excluding hydrogens is 380 g/mol. The van der Waals surface area contributed by atoms with Gasteiger partial charge in [-0.2, -0.15) is 0 Å². The molecule has 27 heavy (non-hydrogen) atoms. The number of rotatable bonds is 7. The Bertz CT molecular complexity index is 975. The first-order valence-electron chi connectivity index (χ1n) is 9.36. The third kappa shape index (κ3) is 3.86. The number of furan rings is 1. The van der Waals surface area contributed by atoms with E-state index in [-0.39, 0.29) is 5.56 Å². The predicted octanol–water partition coefficient (Wildman–Crippen LogP) is 4.35. The predicted molar refractivity (Wildman–Crippen MR) is 110 cm³/mol. The SMILES string of the molecule is COCCCSc1nc2sc3c(c2c(=O)n1Cc1ccco1)CCC(C)C3. The Morgan fingerprint density at radius 3 is 3.15 bits per heavy atom. The summed E-state index contributed by atoms with van der Waals surface area (Å²) in [6.45, 7) is 3.41. The van der Waals surface area contributed by atoms with Gasteiger partial charge in [-0.1, -0.05) is 18.7 Å². The van der Waals surface area contributed by atoms with Crippen LogP contribution in [0.4, 0.5) is 0 Å². The Labute approximate surface area is 166 Å². The summed E-state index contributed by atoms with van der Waals surface area (Å²) < 4.78 is 12.4. The molecule has 3 aromatic heterocycles. The maximum atomic E-state index is 13.4. The second-order valence-corrected chi connectivity index (χ2v) is 9.24. The van der Waals surface area contributed by atoms with Crippen LogP contribution in [0.25, 0.3) is 10.2 Å². The summed E-state index contributed by atoms with van der Waals surface area (Å²) in [6, 6.07) is 3.76. The number of thioether (sulfide) groups is 1. The average molecular weight is 405 g/mol. The first kappa shape index (κ1) is 18.8. The molecule has 3 aromatic rings. The van der Waals surface area contributed by atoms with Crippen molar-refractivity contribution in [2.24, 2.45) is 5.92 Å². The molecule has 0 N–H and O–H groups in total. The lowest BCUT2D eigenvalue weighted by molar-refractivity contribution is 0.200. The standard InChI is InChI=1S/C20H24N2O3S2/c1-13-6-7-15-16(11-13)27-18-17(15)19(23)22(12-14-5-3-9-25-14)20(21-18)26-10-4-8-24-2/h3,5,9,13H,4,6-8,10-12H2,1-2H3. The fraction of sp³-hybridized carbons (Fsp3) is 0.500. The van der Waals surface area contributed by atoms with Crippen molar-refractivity contribution in [1.82, 2.24) is 9.55 Å². The first-order chi connectivity index (χ1) is 13.2. The van der Waals surface area contributed by atoms with Crippen LogP contribution in [-0.4, -0.2) is 29.0 Å². The van der Waals surface area contributed by atoms with Gasteiger partial charge in [-0.25, -0.2) is 4.98 Å². The number of nitrogens with zero attached hydrogens (tertiary/aromatic N) is 2. The van der Waals surface area contributed by atoms with E-state index in [0.29, 0.717) is 19.1 Å². The van der Waals surface area contributed by atoms with E-state index in [9.17, 15) is 4.79 Å². The van der Waals surface area contributed by atoms with E-state index < -0.39 is 0 Å². The van der Waals surface area contributed by atoms with Gasteiger partial charge in [0.1, 0.15) is 10.6 Å². The van der Waals surface area contributed by atoms with Gasteiger partial charge in [0, 0.05) is 24.3 Å². The molecule has 0 amide bonds. The minimum absolute atomic E-state index is 0.0673. The van der Waals surface area contributed by atoms with Gasteiger partial charge in [0.05, 0.1) is 18.2 Å². The molecule has 0 saturated carbocycles. The normalized spacial score (nSPS) is 16.7. The van der Waals surface area contributed by atoms with Gasteiger partial charge in [-0.15, -0.1) is 11.3 Å². The number of hydrogen-bond acceptors (Lipinski definition) is 6. The third-order valence-corrected chi connectivity index (χ3v) is 7.21. The van der Waals surface area contributed by atoms with Crippen LogP contribution in [0.15, 0.2) is 32.8 Å². The van der Waals surface area contributed by atoms with Crippen LogP contribution >= 0.6 is 23.1 Å². The number of fused-ring (bicyclic) bond motifs is 3. The van der Waals surface area contributed by atoms with E-state index in [1.54, 1.807) is 41.0 Å². The summed E-state index contributed by atoms with van der Waals surface area (Å²) in [5.74, 6) is 2.32. The van der Waals surface area contributed by atoms with Crippen molar-refractivity contribution in [3.8, 4) is 0 Å². The van der Waals surface area contributed by atoms with Gasteiger partial charge < -0.3 is 9.15 Å². The summed E-state index contributed by atoms with van der Waals surface area (Å²) in [7, 11) is 1.71. The first-order valence-corrected chi connectivity index (χ1v) is 11.2. The molecule has 0 aromatic carbocycles. The Balaban J connectivity index is 1.77. The smallest absolute Gasteiger partial charge is 0.263 e. The highest BCUT2D eigenvalue weighted by Crippen LogP contribution is 2.36. The monoisotopic (exact) mass is 404 g/mol. The lowest BCUT2D eigenvalue weighted by Crippen LogP contribution is -2.24. The lowest BCUT2D eigenvalue weighted by atomic mass is 9.89. The van der Waals surface area contributed by atoms with Gasteiger partial charge in [-0.3, -0.25) is 9.36 Å². The second-order valence-electron chi connectivity index (χ2n) is 7.09. The van der Waals surface area contributed by atoms with E-state index in [0.717, 1.165) is 52.6 Å². The number of hydrogen-bond donors (Lipinski definition) is 0. The van der Waals surface area contributed by atoms with Crippen LogP contribution in [-0.2, 0) is 24.1 Å². The molecule has 1 aliphatic rings. The number of aromatic nitrogens is 2. The van der Waals surface area contributed by atoms with Gasteiger partial charge in [0.2, 0.25) is 0 Å². The van der Waals surface area contributed by atoms with Crippen molar-refractivity contribution in [3.05, 3.63) is 45.0 Å². The van der Waals surface area contributed by atoms with Gasteiger partial charge in [0.25, 0.3) is 5.56 Å². The molecule has 1 aliphatic carbocycles. The molecule has 7 heteroatoms. The van der Waals surface area contributed by atoms with E-state index in [4.69, 9.17) is 14.1 Å². The van der Waals surface area contributed by atoms with Crippen molar-refractivity contribution < 1.29 is 9.15 Å². The molecule has 3 heterocycles. The van der Waals surface area contributed by atoms with Gasteiger partial charge in [0.15, 0.2) is 5.16 Å². The van der Waals surface area contributed by atoms with E-state index in [2.05, 4.69) is 6.92 Å². The van der Waals surface area contributed by atoms with E-state index in [1.165, 1.54) is 10.4 Å². The maximum absolute atomic E-state index is 13.4. The molecule has 144 valence electrons. The van der Waals surface area contributed by atoms with Crippen LogP contribution in [0.5, 0.6) is 0 Å². The fourth-order valence-corrected chi connectivity index (χ4v) is 5.91. The Morgan fingerprint density at radius 1 is 1.48 bits per heavy atom. The van der Waals surface area contributed by atoms with Crippen LogP contribution in [0.3, 0.4) is 0 Å². The van der Waals surface area contributed by atoms with Crippen LogP contribution in [0.1, 0.15) is 36.0 Å². The van der Waals surface area contributed by atoms with Crippen molar-refractivity contribution in [1.29, 1.82) is 0 Å². The van der Waals surface area contributed by atoms with Crippen molar-refractivity contribution in [2.45, 2.75) is 44.3 Å². The zero-order valence-corrected chi connectivity index (χ0v) is 17.3. The van der Waals surface area contributed by atoms with E-state index >= 15 is 0 Å². The van der Waals surface area contributed by atoms with Gasteiger partial charge in [-0.05, 0) is 49.3 Å². The Kier molecular flexibility index (Phi) is 5.71. The molecule has 0 aliphatic heterocycles. The topological polar surface area (TPSA) is 57.3 Å². The lowest BCUT2D eigenvalue weighted by Gasteiger charge is -2.17. The minimum Gasteiger partial charge on any atom is -0.467 e. The Morgan fingerprint density at radius 2 is 2.37 bits per heavy atom. The molecule has 1 atom stereocenters. The molecule has 0 bridgehead atoms. The van der Waals surface area contributed by atoms with Crippen molar-refractivity contribution >= 4 is 33.3 Å². The molecule has 0 spiro atoms. The summed E-state index contributed by atoms with van der Waals surface area (Å²) in [5.41, 5.74) is 1.30.